The molecule has 0 fully saturated rings. The highest BCUT2D eigenvalue weighted by Gasteiger charge is 2.10. The minimum atomic E-state index is -0.180. The number of anilines is 1. The van der Waals surface area contributed by atoms with Crippen molar-refractivity contribution in [3.05, 3.63) is 11.1 Å². The predicted molar refractivity (Wildman–Crippen MR) is 76.1 cm³/mol. The fraction of sp³-hybridized carbons (Fsp3) is 0.667. The molecule has 1 aromatic rings. The number of rotatable bonds is 7. The Hall–Kier alpha value is -1.14. The van der Waals surface area contributed by atoms with Crippen LogP contribution >= 0.6 is 11.3 Å². The third kappa shape index (κ3) is 5.01. The van der Waals surface area contributed by atoms with Crippen LogP contribution in [0.2, 0.25) is 0 Å². The first-order chi connectivity index (χ1) is 8.67. The molecule has 1 heterocycles. The van der Waals surface area contributed by atoms with Gasteiger partial charge in [0.1, 0.15) is 0 Å². The molecule has 0 aromatic carbocycles. The number of nitrogens with one attached hydrogen (secondary N) is 3. The van der Waals surface area contributed by atoms with Crippen LogP contribution in [0.5, 0.6) is 0 Å². The molecule has 102 valence electrons. The molecule has 1 rings (SSSR count). The van der Waals surface area contributed by atoms with E-state index in [1.54, 1.807) is 0 Å². The monoisotopic (exact) mass is 270 g/mol. The molecule has 0 saturated carbocycles. The molecule has 0 spiro atoms. The van der Waals surface area contributed by atoms with Crippen molar-refractivity contribution in [2.75, 3.05) is 18.4 Å². The number of nitrogens with zero attached hydrogens (tertiary/aromatic N) is 1. The van der Waals surface area contributed by atoms with Crippen LogP contribution in [0, 0.1) is 0 Å². The van der Waals surface area contributed by atoms with Crippen LogP contribution in [-0.2, 0) is 0 Å². The van der Waals surface area contributed by atoms with E-state index in [2.05, 4.69) is 41.7 Å². The Bertz CT molecular complexity index is 367. The number of unbranched alkanes of at least 4 members (excludes halogenated alkanes) is 1. The molecular formula is C12H22N4OS. The molecule has 1 aromatic heterocycles. The van der Waals surface area contributed by atoms with Crippen LogP contribution in [0.25, 0.3) is 0 Å². The lowest BCUT2D eigenvalue weighted by Crippen LogP contribution is -2.29. The fourth-order valence-electron chi connectivity index (χ4n) is 1.47. The Morgan fingerprint density at radius 1 is 1.50 bits per heavy atom. The lowest BCUT2D eigenvalue weighted by molar-refractivity contribution is 0.252. The lowest BCUT2D eigenvalue weighted by atomic mass is 10.3. The maximum absolute atomic E-state index is 11.5. The summed E-state index contributed by atoms with van der Waals surface area (Å²) in [5.74, 6) is 0. The minimum absolute atomic E-state index is 0.180. The van der Waals surface area contributed by atoms with Gasteiger partial charge in [0.2, 0.25) is 0 Å². The van der Waals surface area contributed by atoms with E-state index in [0.717, 1.165) is 25.1 Å². The van der Waals surface area contributed by atoms with Gasteiger partial charge in [0, 0.05) is 18.0 Å². The maximum atomic E-state index is 11.5. The summed E-state index contributed by atoms with van der Waals surface area (Å²) in [6, 6.07) is 0.0328. The van der Waals surface area contributed by atoms with Gasteiger partial charge in [0.15, 0.2) is 5.13 Å². The van der Waals surface area contributed by atoms with Crippen molar-refractivity contribution in [1.29, 1.82) is 0 Å². The molecule has 0 radical (unpaired) electrons. The van der Waals surface area contributed by atoms with Gasteiger partial charge >= 0.3 is 6.03 Å². The van der Waals surface area contributed by atoms with Gasteiger partial charge in [-0.3, -0.25) is 5.32 Å². The summed E-state index contributed by atoms with van der Waals surface area (Å²) in [6.45, 7) is 7.81. The zero-order chi connectivity index (χ0) is 13.4. The summed E-state index contributed by atoms with van der Waals surface area (Å²) in [5, 5.41) is 11.4. The van der Waals surface area contributed by atoms with Crippen LogP contribution < -0.4 is 16.0 Å². The van der Waals surface area contributed by atoms with Crippen LogP contribution in [0.1, 0.15) is 45.3 Å². The Balaban J connectivity index is 2.41. The van der Waals surface area contributed by atoms with Gasteiger partial charge < -0.3 is 10.6 Å². The molecule has 2 amide bonds. The van der Waals surface area contributed by atoms with E-state index in [1.807, 2.05) is 5.38 Å². The third-order valence-corrected chi connectivity index (χ3v) is 3.29. The summed E-state index contributed by atoms with van der Waals surface area (Å²) in [6.07, 6.45) is 2.07. The SMILES string of the molecule is CCCCNC(=O)Nc1nc(C(C)NCC)cs1. The number of carbonyl (C=O) groups is 1. The Morgan fingerprint density at radius 2 is 2.28 bits per heavy atom. The maximum Gasteiger partial charge on any atom is 0.321 e. The third-order valence-electron chi connectivity index (χ3n) is 2.51. The summed E-state index contributed by atoms with van der Waals surface area (Å²) in [4.78, 5) is 15.9. The molecular weight excluding hydrogens is 248 g/mol. The summed E-state index contributed by atoms with van der Waals surface area (Å²) < 4.78 is 0. The number of hydrogen-bond donors (Lipinski definition) is 3. The first-order valence-electron chi connectivity index (χ1n) is 6.41. The highest BCUT2D eigenvalue weighted by molar-refractivity contribution is 7.13. The Kier molecular flexibility index (Phi) is 6.67. The zero-order valence-corrected chi connectivity index (χ0v) is 12.1. The highest BCUT2D eigenvalue weighted by atomic mass is 32.1. The van der Waals surface area contributed by atoms with Crippen molar-refractivity contribution in [2.24, 2.45) is 0 Å². The molecule has 6 heteroatoms. The van der Waals surface area contributed by atoms with Gasteiger partial charge in [-0.05, 0) is 19.9 Å². The van der Waals surface area contributed by atoms with Crippen molar-refractivity contribution in [3.8, 4) is 0 Å². The molecule has 0 aliphatic carbocycles. The summed E-state index contributed by atoms with van der Waals surface area (Å²) in [5.41, 5.74) is 0.964. The molecule has 3 N–H and O–H groups in total. The Labute approximate surface area is 112 Å². The van der Waals surface area contributed by atoms with Gasteiger partial charge in [0.25, 0.3) is 0 Å². The number of hydrogen-bond acceptors (Lipinski definition) is 4. The van der Waals surface area contributed by atoms with E-state index < -0.39 is 0 Å². The van der Waals surface area contributed by atoms with Gasteiger partial charge in [-0.1, -0.05) is 20.3 Å². The fourth-order valence-corrected chi connectivity index (χ4v) is 2.27. The molecule has 0 aliphatic rings. The highest BCUT2D eigenvalue weighted by Crippen LogP contribution is 2.20. The Morgan fingerprint density at radius 3 is 2.94 bits per heavy atom. The average molecular weight is 270 g/mol. The van der Waals surface area contributed by atoms with Crippen molar-refractivity contribution in [2.45, 2.75) is 39.7 Å². The smallest absolute Gasteiger partial charge is 0.321 e. The zero-order valence-electron chi connectivity index (χ0n) is 11.2. The van der Waals surface area contributed by atoms with Crippen molar-refractivity contribution >= 4 is 22.5 Å². The number of carbonyl (C=O) groups excluding carboxylic acids is 1. The van der Waals surface area contributed by atoms with Gasteiger partial charge in [0.05, 0.1) is 5.69 Å². The number of aromatic nitrogens is 1. The van der Waals surface area contributed by atoms with Crippen LogP contribution in [-0.4, -0.2) is 24.1 Å². The first kappa shape index (κ1) is 14.9. The van der Waals surface area contributed by atoms with Crippen molar-refractivity contribution in [3.63, 3.8) is 0 Å². The lowest BCUT2D eigenvalue weighted by Gasteiger charge is -2.08. The second-order valence-electron chi connectivity index (χ2n) is 4.09. The number of urea groups is 1. The molecule has 18 heavy (non-hydrogen) atoms. The molecule has 0 bridgehead atoms. The number of amides is 2. The topological polar surface area (TPSA) is 66.0 Å². The van der Waals surface area contributed by atoms with Gasteiger partial charge in [-0.15, -0.1) is 11.3 Å². The molecule has 0 aliphatic heterocycles. The second kappa shape index (κ2) is 8.05. The molecule has 1 atom stereocenters. The molecule has 0 saturated heterocycles. The number of thiazole rings is 1. The van der Waals surface area contributed by atoms with E-state index in [1.165, 1.54) is 11.3 Å². The summed E-state index contributed by atoms with van der Waals surface area (Å²) >= 11 is 1.45. The standard InChI is InChI=1S/C12H22N4OS/c1-4-6-7-14-11(17)16-12-15-10(8-18-12)9(3)13-5-2/h8-9,13H,4-7H2,1-3H3,(H2,14,15,16,17). The second-order valence-corrected chi connectivity index (χ2v) is 4.95. The average Bonchev–Trinajstić information content (AvgIpc) is 2.78. The van der Waals surface area contributed by atoms with Crippen LogP contribution in [0.4, 0.5) is 9.93 Å². The molecule has 1 unspecified atom stereocenters. The van der Waals surface area contributed by atoms with E-state index in [0.29, 0.717) is 11.7 Å². The van der Waals surface area contributed by atoms with Crippen LogP contribution in [0.3, 0.4) is 0 Å². The van der Waals surface area contributed by atoms with Crippen LogP contribution in [0.15, 0.2) is 5.38 Å². The largest absolute Gasteiger partial charge is 0.338 e. The van der Waals surface area contributed by atoms with E-state index >= 15 is 0 Å². The summed E-state index contributed by atoms with van der Waals surface area (Å²) in [7, 11) is 0. The van der Waals surface area contributed by atoms with E-state index in [4.69, 9.17) is 0 Å². The quantitative estimate of drug-likeness (QED) is 0.667. The normalized spacial score (nSPS) is 12.2. The van der Waals surface area contributed by atoms with Crippen molar-refractivity contribution < 1.29 is 4.79 Å². The minimum Gasteiger partial charge on any atom is -0.338 e. The van der Waals surface area contributed by atoms with E-state index in [-0.39, 0.29) is 12.1 Å². The predicted octanol–water partition coefficient (Wildman–Crippen LogP) is 2.74. The first-order valence-corrected chi connectivity index (χ1v) is 7.29. The molecule has 5 nitrogen and oxygen atoms in total. The van der Waals surface area contributed by atoms with Crippen molar-refractivity contribution in [1.82, 2.24) is 15.6 Å². The van der Waals surface area contributed by atoms with Gasteiger partial charge in [-0.25, -0.2) is 9.78 Å². The van der Waals surface area contributed by atoms with E-state index in [9.17, 15) is 4.79 Å². The van der Waals surface area contributed by atoms with Gasteiger partial charge in [-0.2, -0.15) is 0 Å².